The summed E-state index contributed by atoms with van der Waals surface area (Å²) < 4.78 is 36.1. The van der Waals surface area contributed by atoms with Gasteiger partial charge in [-0.25, -0.2) is 4.72 Å². The van der Waals surface area contributed by atoms with Gasteiger partial charge in [-0.05, 0) is 86.0 Å². The van der Waals surface area contributed by atoms with Gasteiger partial charge in [-0.3, -0.25) is 9.59 Å². The van der Waals surface area contributed by atoms with Crippen molar-refractivity contribution in [1.82, 2.24) is 24.2 Å². The zero-order valence-corrected chi connectivity index (χ0v) is 27.1. The predicted octanol–water partition coefficient (Wildman–Crippen LogP) is 4.26. The van der Waals surface area contributed by atoms with E-state index in [1.54, 1.807) is 13.2 Å². The molecule has 3 fully saturated rings. The first kappa shape index (κ1) is 30.3. The highest BCUT2D eigenvalue weighted by molar-refractivity contribution is 7.87. The Morgan fingerprint density at radius 1 is 1.07 bits per heavy atom. The minimum atomic E-state index is -3.96. The summed E-state index contributed by atoms with van der Waals surface area (Å²) in [4.78, 5) is 27.4. The van der Waals surface area contributed by atoms with Gasteiger partial charge < -0.3 is 19.9 Å². The molecule has 0 radical (unpaired) electrons. The van der Waals surface area contributed by atoms with Crippen molar-refractivity contribution in [2.45, 2.75) is 75.8 Å². The third kappa shape index (κ3) is 5.22. The molecule has 2 aliphatic heterocycles. The molecule has 3 unspecified atom stereocenters. The van der Waals surface area contributed by atoms with Gasteiger partial charge in [-0.15, -0.1) is 0 Å². The van der Waals surface area contributed by atoms with Crippen molar-refractivity contribution in [3.63, 3.8) is 0 Å². The number of hydrogen-bond acceptors (Lipinski definition) is 6. The first-order valence-corrected chi connectivity index (χ1v) is 17.7. The Balaban J connectivity index is 1.39. The molecule has 0 bridgehead atoms. The van der Waals surface area contributed by atoms with Crippen molar-refractivity contribution in [3.8, 4) is 17.0 Å². The van der Waals surface area contributed by atoms with Gasteiger partial charge in [0.15, 0.2) is 0 Å². The average Bonchev–Trinajstić information content (AvgIpc) is 3.40. The molecule has 3 N–H and O–H groups in total. The van der Waals surface area contributed by atoms with E-state index in [0.717, 1.165) is 76.4 Å². The lowest BCUT2D eigenvalue weighted by Crippen LogP contribution is -2.42. The zero-order chi connectivity index (χ0) is 31.5. The van der Waals surface area contributed by atoms with Gasteiger partial charge in [-0.1, -0.05) is 25.3 Å². The van der Waals surface area contributed by atoms with Crippen molar-refractivity contribution in [3.05, 3.63) is 53.1 Å². The Morgan fingerprint density at radius 3 is 2.58 bits per heavy atom. The van der Waals surface area contributed by atoms with Gasteiger partial charge in [0.25, 0.3) is 5.91 Å². The second kappa shape index (κ2) is 11.4. The molecule has 3 aromatic rings. The lowest BCUT2D eigenvalue weighted by molar-refractivity contribution is -0.127. The quantitative estimate of drug-likeness (QED) is 0.341. The fourth-order valence-electron chi connectivity index (χ4n) is 8.03. The second-order valence-electron chi connectivity index (χ2n) is 13.5. The Morgan fingerprint density at radius 2 is 1.87 bits per heavy atom. The monoisotopic (exact) mass is 633 g/mol. The van der Waals surface area contributed by atoms with E-state index in [-0.39, 0.29) is 17.4 Å². The number of hydrogen-bond donors (Lipinski definition) is 3. The van der Waals surface area contributed by atoms with Crippen molar-refractivity contribution >= 4 is 32.9 Å². The number of benzene rings is 2. The standard InChI is InChI=1S/C34H43N5O5S/c1-38(2)45(42,43)37-32(40)22-11-13-26-29(16-22)39-20-34(33(41)36-19-23-10-7-15-35-23)18-28(34)27-17-24(44-3)12-14-25(27)31(39)30(26)21-8-5-4-6-9-21/h11-14,16-17,21,23,28,35H,4-10,15,18-20H2,1-3H3,(H,36,41)(H,37,40). The largest absolute Gasteiger partial charge is 0.497 e. The van der Waals surface area contributed by atoms with Crippen LogP contribution in [0.2, 0.25) is 0 Å². The topological polar surface area (TPSA) is 122 Å². The number of nitrogens with one attached hydrogen (secondary N) is 3. The van der Waals surface area contributed by atoms with Crippen LogP contribution in [-0.4, -0.2) is 69.4 Å². The van der Waals surface area contributed by atoms with Gasteiger partial charge in [-0.2, -0.15) is 12.7 Å². The number of nitrogens with zero attached hydrogens (tertiary/aromatic N) is 2. The van der Waals surface area contributed by atoms with Crippen LogP contribution in [0.15, 0.2) is 36.4 Å². The molecule has 7 rings (SSSR count). The molecule has 240 valence electrons. The highest BCUT2D eigenvalue weighted by Gasteiger charge is 2.62. The Kier molecular flexibility index (Phi) is 7.69. The van der Waals surface area contributed by atoms with E-state index in [1.165, 1.54) is 38.9 Å². The molecule has 0 spiro atoms. The normalized spacial score (nSPS) is 24.4. The van der Waals surface area contributed by atoms with Gasteiger partial charge in [0.1, 0.15) is 5.75 Å². The van der Waals surface area contributed by atoms with Crippen LogP contribution in [0.1, 0.15) is 84.7 Å². The fraction of sp³-hybridized carbons (Fsp3) is 0.529. The molecule has 2 aromatic carbocycles. The Labute approximate surface area is 265 Å². The minimum absolute atomic E-state index is 0.0463. The number of carbonyl (C=O) groups is 2. The number of fused-ring (bicyclic) bond motifs is 7. The smallest absolute Gasteiger partial charge is 0.303 e. The van der Waals surface area contributed by atoms with Gasteiger partial charge in [0.05, 0.1) is 18.2 Å². The van der Waals surface area contributed by atoms with Crippen LogP contribution in [0.25, 0.3) is 22.2 Å². The van der Waals surface area contributed by atoms with Crippen LogP contribution in [0.5, 0.6) is 5.75 Å². The summed E-state index contributed by atoms with van der Waals surface area (Å²) in [5.74, 6) is 0.559. The molecule has 11 heteroatoms. The first-order valence-electron chi connectivity index (χ1n) is 16.2. The molecule has 3 heterocycles. The van der Waals surface area contributed by atoms with Crippen LogP contribution in [0.4, 0.5) is 0 Å². The van der Waals surface area contributed by atoms with Crippen LogP contribution < -0.4 is 20.1 Å². The first-order chi connectivity index (χ1) is 21.6. The minimum Gasteiger partial charge on any atom is -0.497 e. The van der Waals surface area contributed by atoms with E-state index in [0.29, 0.717) is 25.0 Å². The summed E-state index contributed by atoms with van der Waals surface area (Å²) in [5, 5.41) is 7.85. The zero-order valence-electron chi connectivity index (χ0n) is 26.3. The summed E-state index contributed by atoms with van der Waals surface area (Å²) in [6, 6.07) is 12.0. The lowest BCUT2D eigenvalue weighted by Gasteiger charge is -2.24. The van der Waals surface area contributed by atoms with Gasteiger partial charge >= 0.3 is 10.2 Å². The number of rotatable bonds is 8. The van der Waals surface area contributed by atoms with E-state index >= 15 is 0 Å². The molecule has 4 aliphatic rings. The lowest BCUT2D eigenvalue weighted by atomic mass is 9.81. The van der Waals surface area contributed by atoms with Crippen molar-refractivity contribution in [1.29, 1.82) is 0 Å². The van der Waals surface area contributed by atoms with Gasteiger partial charge in [0.2, 0.25) is 5.91 Å². The number of aromatic nitrogens is 1. The van der Waals surface area contributed by atoms with E-state index in [9.17, 15) is 18.0 Å². The summed E-state index contributed by atoms with van der Waals surface area (Å²) >= 11 is 0. The molecule has 1 saturated heterocycles. The molecule has 2 saturated carbocycles. The number of methoxy groups -OCH3 is 1. The highest BCUT2D eigenvalue weighted by atomic mass is 32.2. The summed E-state index contributed by atoms with van der Waals surface area (Å²) in [7, 11) is 0.480. The maximum Gasteiger partial charge on any atom is 0.303 e. The molecule has 45 heavy (non-hydrogen) atoms. The molecular weight excluding hydrogens is 590 g/mol. The molecule has 3 atom stereocenters. The maximum absolute atomic E-state index is 14.2. The third-order valence-electron chi connectivity index (χ3n) is 10.6. The van der Waals surface area contributed by atoms with E-state index in [4.69, 9.17) is 4.74 Å². The van der Waals surface area contributed by atoms with E-state index in [2.05, 4.69) is 32.1 Å². The molecule has 1 aromatic heterocycles. The summed E-state index contributed by atoms with van der Waals surface area (Å²) in [6.45, 7) is 2.07. The average molecular weight is 634 g/mol. The van der Waals surface area contributed by atoms with Crippen molar-refractivity contribution in [2.24, 2.45) is 5.41 Å². The van der Waals surface area contributed by atoms with Crippen LogP contribution in [-0.2, 0) is 21.5 Å². The Bertz CT molecular complexity index is 1770. The van der Waals surface area contributed by atoms with Crippen LogP contribution in [0, 0.1) is 5.41 Å². The summed E-state index contributed by atoms with van der Waals surface area (Å²) in [6.07, 6.45) is 8.64. The van der Waals surface area contributed by atoms with Crippen LogP contribution >= 0.6 is 0 Å². The second-order valence-corrected chi connectivity index (χ2v) is 15.4. The summed E-state index contributed by atoms with van der Waals surface area (Å²) in [5.41, 5.74) is 5.13. The highest BCUT2D eigenvalue weighted by Crippen LogP contribution is 2.65. The molecule has 2 aliphatic carbocycles. The fourth-order valence-corrected chi connectivity index (χ4v) is 8.57. The number of carbonyl (C=O) groups excluding carboxylic acids is 2. The van der Waals surface area contributed by atoms with Crippen LogP contribution in [0.3, 0.4) is 0 Å². The molecular formula is C34H43N5O5S. The molecule has 10 nitrogen and oxygen atoms in total. The third-order valence-corrected chi connectivity index (χ3v) is 12.0. The number of ether oxygens (including phenoxy) is 1. The SMILES string of the molecule is COc1ccc2c(c1)C1CC1(C(=O)NCC1CCCN1)Cn1c-2c(C2CCCCC2)c2ccc(C(=O)NS(=O)(=O)N(C)C)cc21. The van der Waals surface area contributed by atoms with Crippen molar-refractivity contribution in [2.75, 3.05) is 34.3 Å². The molecule has 2 amide bonds. The Hall–Kier alpha value is -3.41. The predicted molar refractivity (Wildman–Crippen MR) is 174 cm³/mol. The van der Waals surface area contributed by atoms with E-state index in [1.807, 2.05) is 18.2 Å². The van der Waals surface area contributed by atoms with Gasteiger partial charge in [0, 0.05) is 61.2 Å². The maximum atomic E-state index is 14.2. The van der Waals surface area contributed by atoms with E-state index < -0.39 is 21.5 Å². The van der Waals surface area contributed by atoms with Crippen molar-refractivity contribution < 1.29 is 22.7 Å². The number of amides is 2.